The number of fused-ring (bicyclic) bond motifs is 1. The maximum absolute atomic E-state index is 12.7. The molecule has 0 aliphatic heterocycles. The summed E-state index contributed by atoms with van der Waals surface area (Å²) in [6, 6.07) is 15.8. The van der Waals surface area contributed by atoms with E-state index in [1.54, 1.807) is 36.7 Å². The molecule has 4 rings (SSSR count). The minimum Gasteiger partial charge on any atom is -0.755 e. The summed E-state index contributed by atoms with van der Waals surface area (Å²) >= 11 is -2.40. The second-order valence-electron chi connectivity index (χ2n) is 5.94. The number of amides is 1. The van der Waals surface area contributed by atoms with E-state index in [2.05, 4.69) is 25.2 Å². The molecule has 0 aliphatic rings. The van der Waals surface area contributed by atoms with Crippen molar-refractivity contribution in [2.75, 3.05) is 10.0 Å². The molecule has 0 saturated heterocycles. The Balaban J connectivity index is 1.59. The van der Waals surface area contributed by atoms with Gasteiger partial charge in [-0.3, -0.25) is 19.1 Å². The number of aromatic amines is 1. The van der Waals surface area contributed by atoms with Crippen molar-refractivity contribution in [2.45, 2.75) is 0 Å². The van der Waals surface area contributed by atoms with Gasteiger partial charge in [-0.25, -0.2) is 0 Å². The van der Waals surface area contributed by atoms with E-state index in [-0.39, 0.29) is 11.6 Å². The number of benzene rings is 2. The van der Waals surface area contributed by atoms with Crippen molar-refractivity contribution in [3.63, 3.8) is 0 Å². The first-order valence-corrected chi connectivity index (χ1v) is 9.33. The van der Waals surface area contributed by atoms with E-state index in [0.29, 0.717) is 16.8 Å². The highest BCUT2D eigenvalue weighted by molar-refractivity contribution is 7.80. The summed E-state index contributed by atoms with van der Waals surface area (Å²) in [4.78, 5) is 16.8. The van der Waals surface area contributed by atoms with E-state index in [0.717, 1.165) is 16.6 Å². The highest BCUT2D eigenvalue weighted by Crippen LogP contribution is 2.25. The SMILES string of the molecule is O=C(Nc1ccc(NS(=O)[O-])cc1)c1n[nH]c2ccc(-c3cccnc3)cc12. The highest BCUT2D eigenvalue weighted by atomic mass is 32.2. The van der Waals surface area contributed by atoms with Crippen LogP contribution in [0.1, 0.15) is 10.5 Å². The molecule has 2 aromatic heterocycles. The number of carbonyl (C=O) groups is 1. The standard InChI is InChI=1S/C19H15N5O3S/c25-19(21-14-4-6-15(7-5-14)24-28(26)27)18-16-10-12(3-8-17(16)22-23-18)13-2-1-9-20-11-13/h1-11,24H,(H,21,25)(H,22,23)(H,26,27)/p-1. The molecular weight excluding hydrogens is 378 g/mol. The molecule has 0 fully saturated rings. The number of hydrogen-bond acceptors (Lipinski definition) is 5. The van der Waals surface area contributed by atoms with E-state index >= 15 is 0 Å². The Labute approximate surface area is 162 Å². The van der Waals surface area contributed by atoms with Crippen LogP contribution in [0.5, 0.6) is 0 Å². The van der Waals surface area contributed by atoms with Crippen molar-refractivity contribution < 1.29 is 13.6 Å². The molecule has 28 heavy (non-hydrogen) atoms. The third kappa shape index (κ3) is 3.75. The van der Waals surface area contributed by atoms with Gasteiger partial charge in [-0.15, -0.1) is 0 Å². The summed E-state index contributed by atoms with van der Waals surface area (Å²) in [5.74, 6) is -0.373. The molecule has 0 aliphatic carbocycles. The number of H-pyrrole nitrogens is 1. The monoisotopic (exact) mass is 392 g/mol. The third-order valence-electron chi connectivity index (χ3n) is 4.12. The minimum absolute atomic E-state index is 0.267. The van der Waals surface area contributed by atoms with E-state index < -0.39 is 11.3 Å². The Morgan fingerprint density at radius 3 is 2.54 bits per heavy atom. The summed E-state index contributed by atoms with van der Waals surface area (Å²) in [6.07, 6.45) is 3.46. The van der Waals surface area contributed by atoms with Crippen LogP contribution >= 0.6 is 0 Å². The van der Waals surface area contributed by atoms with Gasteiger partial charge in [0.1, 0.15) is 0 Å². The molecular formula is C19H14N5O3S-. The van der Waals surface area contributed by atoms with Gasteiger partial charge in [0, 0.05) is 46.0 Å². The van der Waals surface area contributed by atoms with Gasteiger partial charge in [-0.05, 0) is 48.0 Å². The normalized spacial score (nSPS) is 11.9. The van der Waals surface area contributed by atoms with Gasteiger partial charge in [0.2, 0.25) is 0 Å². The van der Waals surface area contributed by atoms with Crippen molar-refractivity contribution in [2.24, 2.45) is 0 Å². The number of carbonyl (C=O) groups excluding carboxylic acids is 1. The Bertz CT molecular complexity index is 1160. The van der Waals surface area contributed by atoms with Crippen LogP contribution in [0.15, 0.2) is 67.0 Å². The number of hydrogen-bond donors (Lipinski definition) is 3. The van der Waals surface area contributed by atoms with E-state index in [9.17, 15) is 13.6 Å². The average molecular weight is 392 g/mol. The van der Waals surface area contributed by atoms with Crippen LogP contribution in [0.3, 0.4) is 0 Å². The molecule has 8 nitrogen and oxygen atoms in total. The number of nitrogens with one attached hydrogen (secondary N) is 3. The smallest absolute Gasteiger partial charge is 0.276 e. The second kappa shape index (κ2) is 7.59. The third-order valence-corrected chi connectivity index (χ3v) is 4.52. The summed E-state index contributed by atoms with van der Waals surface area (Å²) in [7, 11) is 0. The maximum atomic E-state index is 12.7. The van der Waals surface area contributed by atoms with Gasteiger partial charge in [-0.1, -0.05) is 12.1 Å². The maximum Gasteiger partial charge on any atom is 0.276 e. The zero-order chi connectivity index (χ0) is 19.5. The molecule has 2 heterocycles. The molecule has 2 aromatic carbocycles. The first-order chi connectivity index (χ1) is 13.6. The molecule has 0 bridgehead atoms. The lowest BCUT2D eigenvalue weighted by Crippen LogP contribution is -2.13. The summed E-state index contributed by atoms with van der Waals surface area (Å²) < 4.78 is 23.5. The van der Waals surface area contributed by atoms with Gasteiger partial charge in [0.25, 0.3) is 5.91 Å². The lowest BCUT2D eigenvalue weighted by atomic mass is 10.0. The molecule has 4 aromatic rings. The van der Waals surface area contributed by atoms with E-state index in [1.165, 1.54) is 0 Å². The van der Waals surface area contributed by atoms with Crippen molar-refractivity contribution in [3.05, 3.63) is 72.7 Å². The Hall–Kier alpha value is -3.56. The van der Waals surface area contributed by atoms with E-state index in [4.69, 9.17) is 0 Å². The topological polar surface area (TPSA) is 123 Å². The lowest BCUT2D eigenvalue weighted by molar-refractivity contribution is 0.102. The average Bonchev–Trinajstić information content (AvgIpc) is 3.13. The molecule has 0 spiro atoms. The summed E-state index contributed by atoms with van der Waals surface area (Å²) in [5.41, 5.74) is 3.80. The van der Waals surface area contributed by atoms with Crippen molar-refractivity contribution in [3.8, 4) is 11.1 Å². The molecule has 0 saturated carbocycles. The molecule has 140 valence electrons. The molecule has 0 radical (unpaired) electrons. The van der Waals surface area contributed by atoms with Crippen LogP contribution in [-0.4, -0.2) is 29.9 Å². The quantitative estimate of drug-likeness (QED) is 0.450. The van der Waals surface area contributed by atoms with Gasteiger partial charge in [0.15, 0.2) is 5.69 Å². The predicted molar refractivity (Wildman–Crippen MR) is 106 cm³/mol. The van der Waals surface area contributed by atoms with E-state index in [1.807, 2.05) is 30.3 Å². The Kier molecular flexibility index (Phi) is 4.83. The minimum atomic E-state index is -2.40. The second-order valence-corrected chi connectivity index (χ2v) is 6.62. The van der Waals surface area contributed by atoms with Crippen molar-refractivity contribution in [1.29, 1.82) is 0 Å². The molecule has 1 atom stereocenters. The molecule has 1 unspecified atom stereocenters. The lowest BCUT2D eigenvalue weighted by Gasteiger charge is -2.09. The number of rotatable bonds is 5. The fraction of sp³-hybridized carbons (Fsp3) is 0. The highest BCUT2D eigenvalue weighted by Gasteiger charge is 2.15. The fourth-order valence-corrected chi connectivity index (χ4v) is 3.14. The van der Waals surface area contributed by atoms with Gasteiger partial charge in [0.05, 0.1) is 5.52 Å². The number of pyridine rings is 1. The summed E-state index contributed by atoms with van der Waals surface area (Å²) in [6.45, 7) is 0. The van der Waals surface area contributed by atoms with Gasteiger partial charge in [-0.2, -0.15) is 5.10 Å². The zero-order valence-corrected chi connectivity index (χ0v) is 15.2. The number of anilines is 2. The van der Waals surface area contributed by atoms with Crippen LogP contribution in [0.4, 0.5) is 11.4 Å². The first-order valence-electron chi connectivity index (χ1n) is 8.26. The Morgan fingerprint density at radius 2 is 1.82 bits per heavy atom. The first kappa shape index (κ1) is 17.8. The molecule has 3 N–H and O–H groups in total. The van der Waals surface area contributed by atoms with Crippen molar-refractivity contribution >= 4 is 39.5 Å². The molecule has 1 amide bonds. The van der Waals surface area contributed by atoms with Crippen LogP contribution in [0.2, 0.25) is 0 Å². The van der Waals surface area contributed by atoms with Crippen LogP contribution in [0, 0.1) is 0 Å². The number of nitrogens with zero attached hydrogens (tertiary/aromatic N) is 2. The number of aromatic nitrogens is 3. The zero-order valence-electron chi connectivity index (χ0n) is 14.4. The van der Waals surface area contributed by atoms with Gasteiger partial charge >= 0.3 is 0 Å². The van der Waals surface area contributed by atoms with Crippen LogP contribution < -0.4 is 10.0 Å². The predicted octanol–water partition coefficient (Wildman–Crippen LogP) is 3.08. The Morgan fingerprint density at radius 1 is 1.04 bits per heavy atom. The molecule has 9 heteroatoms. The van der Waals surface area contributed by atoms with Crippen molar-refractivity contribution in [1.82, 2.24) is 15.2 Å². The van der Waals surface area contributed by atoms with Crippen LogP contribution in [0.25, 0.3) is 22.0 Å². The van der Waals surface area contributed by atoms with Gasteiger partial charge < -0.3 is 14.6 Å². The summed E-state index contributed by atoms with van der Waals surface area (Å²) in [5, 5.41) is 10.4. The largest absolute Gasteiger partial charge is 0.755 e. The fourth-order valence-electron chi connectivity index (χ4n) is 2.81. The van der Waals surface area contributed by atoms with Crippen LogP contribution in [-0.2, 0) is 11.3 Å².